The van der Waals surface area contributed by atoms with Crippen molar-refractivity contribution in [1.29, 1.82) is 0 Å². The second-order valence-electron chi connectivity index (χ2n) is 6.31. The smallest absolute Gasteiger partial charge is 0.176 e. The Hall–Kier alpha value is -0.160. The van der Waals surface area contributed by atoms with Crippen LogP contribution in [0.1, 0.15) is 45.4 Å². The molecule has 4 nitrogen and oxygen atoms in total. The molecule has 2 fully saturated rings. The summed E-state index contributed by atoms with van der Waals surface area (Å²) in [6, 6.07) is 0.670. The van der Waals surface area contributed by atoms with E-state index >= 15 is 0 Å². The Morgan fingerprint density at radius 1 is 1.16 bits per heavy atom. The molecular weight excluding hydrogens is 240 g/mol. The van der Waals surface area contributed by atoms with Gasteiger partial charge in [-0.1, -0.05) is 12.8 Å². The zero-order chi connectivity index (χ0) is 13.9. The molecule has 0 aromatic rings. The third-order valence-electron chi connectivity index (χ3n) is 5.25. The van der Waals surface area contributed by atoms with Crippen LogP contribution in [0.5, 0.6) is 0 Å². The Bertz CT molecular complexity index is 281. The maximum Gasteiger partial charge on any atom is 0.176 e. The molecule has 112 valence electrons. The second kappa shape index (κ2) is 6.53. The highest BCUT2D eigenvalue weighted by Gasteiger charge is 2.46. The predicted molar refractivity (Wildman–Crippen MR) is 77.0 cm³/mol. The molecule has 1 aliphatic heterocycles. The van der Waals surface area contributed by atoms with Crippen LogP contribution in [0.4, 0.5) is 0 Å². The lowest BCUT2D eigenvalue weighted by Crippen LogP contribution is -2.66. The van der Waals surface area contributed by atoms with Gasteiger partial charge in [-0.25, -0.2) is 0 Å². The third kappa shape index (κ3) is 2.82. The van der Waals surface area contributed by atoms with Crippen molar-refractivity contribution in [3.8, 4) is 0 Å². The van der Waals surface area contributed by atoms with Crippen LogP contribution in [0.15, 0.2) is 0 Å². The van der Waals surface area contributed by atoms with Gasteiger partial charge in [0.05, 0.1) is 5.54 Å². The number of fused-ring (bicyclic) bond motifs is 1. The zero-order valence-electron chi connectivity index (χ0n) is 12.7. The van der Waals surface area contributed by atoms with Gasteiger partial charge in [0.1, 0.15) is 0 Å². The predicted octanol–water partition coefficient (Wildman–Crippen LogP) is 1.98. The quantitative estimate of drug-likeness (QED) is 0.776. The fraction of sp³-hybridized carbons (Fsp3) is 1.00. The lowest BCUT2D eigenvalue weighted by atomic mass is 9.76. The molecule has 4 heteroatoms. The van der Waals surface area contributed by atoms with Crippen molar-refractivity contribution in [1.82, 2.24) is 4.90 Å². The van der Waals surface area contributed by atoms with Crippen LogP contribution in [-0.2, 0) is 9.47 Å². The van der Waals surface area contributed by atoms with Crippen LogP contribution in [0, 0.1) is 5.92 Å². The Balaban J connectivity index is 2.20. The van der Waals surface area contributed by atoms with Gasteiger partial charge in [-0.2, -0.15) is 0 Å². The molecule has 19 heavy (non-hydrogen) atoms. The molecule has 2 N–H and O–H groups in total. The number of nitrogens with zero attached hydrogens (tertiary/aromatic N) is 1. The van der Waals surface area contributed by atoms with Crippen LogP contribution in [0.2, 0.25) is 0 Å². The summed E-state index contributed by atoms with van der Waals surface area (Å²) >= 11 is 0. The highest BCUT2D eigenvalue weighted by molar-refractivity contribution is 4.99. The van der Waals surface area contributed by atoms with Crippen LogP contribution < -0.4 is 5.73 Å². The molecule has 0 aromatic heterocycles. The summed E-state index contributed by atoms with van der Waals surface area (Å²) in [4.78, 5) is 2.60. The van der Waals surface area contributed by atoms with Crippen molar-refractivity contribution in [3.63, 3.8) is 0 Å². The van der Waals surface area contributed by atoms with Crippen LogP contribution in [-0.4, -0.2) is 50.1 Å². The number of hydrogen-bond acceptors (Lipinski definition) is 4. The molecule has 2 aliphatic rings. The van der Waals surface area contributed by atoms with Gasteiger partial charge in [-0.3, -0.25) is 4.90 Å². The monoisotopic (exact) mass is 270 g/mol. The summed E-state index contributed by atoms with van der Waals surface area (Å²) in [6.45, 7) is 3.89. The van der Waals surface area contributed by atoms with E-state index in [9.17, 15) is 0 Å². The Kier molecular flexibility index (Phi) is 5.23. The molecule has 1 saturated heterocycles. The van der Waals surface area contributed by atoms with Gasteiger partial charge in [0.25, 0.3) is 0 Å². The van der Waals surface area contributed by atoms with Crippen molar-refractivity contribution in [3.05, 3.63) is 0 Å². The summed E-state index contributed by atoms with van der Waals surface area (Å²) in [7, 11) is 3.43. The summed E-state index contributed by atoms with van der Waals surface area (Å²) in [5.74, 6) is 0.850. The number of hydrogen-bond donors (Lipinski definition) is 1. The minimum absolute atomic E-state index is 0.218. The maximum atomic E-state index is 6.11. The van der Waals surface area contributed by atoms with Crippen LogP contribution >= 0.6 is 0 Å². The molecule has 1 unspecified atom stereocenters. The first kappa shape index (κ1) is 15.2. The molecule has 0 spiro atoms. The summed E-state index contributed by atoms with van der Waals surface area (Å²) < 4.78 is 11.1. The normalized spacial score (nSPS) is 32.1. The van der Waals surface area contributed by atoms with Crippen molar-refractivity contribution in [2.24, 2.45) is 11.7 Å². The first-order chi connectivity index (χ1) is 9.17. The van der Waals surface area contributed by atoms with Gasteiger partial charge in [-0.15, -0.1) is 0 Å². The van der Waals surface area contributed by atoms with Crippen molar-refractivity contribution in [2.75, 3.05) is 27.3 Å². The first-order valence-corrected chi connectivity index (χ1v) is 7.69. The van der Waals surface area contributed by atoms with Gasteiger partial charge >= 0.3 is 0 Å². The largest absolute Gasteiger partial charge is 0.354 e. The standard InChI is InChI=1S/C15H30N2O2/c1-15(11-16,14(18-2)19-3)17-10-6-8-12-7-4-5-9-13(12)17/h12-14H,4-11,16H2,1-3H3/t12-,13-,15?/m1/s1. The van der Waals surface area contributed by atoms with E-state index in [-0.39, 0.29) is 11.8 Å². The topological polar surface area (TPSA) is 47.7 Å². The van der Waals surface area contributed by atoms with Gasteiger partial charge < -0.3 is 15.2 Å². The molecule has 1 saturated carbocycles. The zero-order valence-corrected chi connectivity index (χ0v) is 12.7. The maximum absolute atomic E-state index is 6.11. The van der Waals surface area contributed by atoms with Gasteiger partial charge in [0.2, 0.25) is 0 Å². The van der Waals surface area contributed by atoms with E-state index in [1.165, 1.54) is 38.5 Å². The summed E-state index contributed by atoms with van der Waals surface area (Å²) in [5.41, 5.74) is 5.89. The highest BCUT2D eigenvalue weighted by atomic mass is 16.7. The molecule has 1 aliphatic carbocycles. The highest BCUT2D eigenvalue weighted by Crippen LogP contribution is 2.39. The fourth-order valence-corrected chi connectivity index (χ4v) is 4.21. The van der Waals surface area contributed by atoms with Crippen molar-refractivity contribution >= 4 is 0 Å². The molecule has 1 heterocycles. The van der Waals surface area contributed by atoms with Crippen LogP contribution in [0.3, 0.4) is 0 Å². The van der Waals surface area contributed by atoms with Gasteiger partial charge in [0, 0.05) is 26.8 Å². The number of methoxy groups -OCH3 is 2. The first-order valence-electron chi connectivity index (χ1n) is 7.69. The Morgan fingerprint density at radius 2 is 1.79 bits per heavy atom. The molecule has 2 rings (SSSR count). The number of nitrogens with two attached hydrogens (primary N) is 1. The van der Waals surface area contributed by atoms with Gasteiger partial charge in [-0.05, 0) is 45.1 Å². The van der Waals surface area contributed by atoms with E-state index in [0.717, 1.165) is 12.5 Å². The Labute approximate surface area is 117 Å². The third-order valence-corrected chi connectivity index (χ3v) is 5.25. The van der Waals surface area contributed by atoms with Crippen molar-refractivity contribution < 1.29 is 9.47 Å². The minimum Gasteiger partial charge on any atom is -0.354 e. The number of piperidine rings is 1. The van der Waals surface area contributed by atoms with E-state index in [0.29, 0.717) is 12.6 Å². The minimum atomic E-state index is -0.252. The van der Waals surface area contributed by atoms with E-state index in [1.807, 2.05) is 0 Å². The second-order valence-corrected chi connectivity index (χ2v) is 6.31. The Morgan fingerprint density at radius 3 is 2.42 bits per heavy atom. The van der Waals surface area contributed by atoms with E-state index in [4.69, 9.17) is 15.2 Å². The molecule has 0 amide bonds. The van der Waals surface area contributed by atoms with Crippen molar-refractivity contribution in [2.45, 2.75) is 63.3 Å². The van der Waals surface area contributed by atoms with E-state index < -0.39 is 0 Å². The average molecular weight is 270 g/mol. The average Bonchev–Trinajstić information content (AvgIpc) is 2.47. The summed E-state index contributed by atoms with van der Waals surface area (Å²) in [5, 5.41) is 0. The molecule has 3 atom stereocenters. The lowest BCUT2D eigenvalue weighted by molar-refractivity contribution is -0.198. The SMILES string of the molecule is COC(OC)C(C)(CN)N1CCC[C@H]2CCCC[C@H]21. The number of rotatable bonds is 5. The van der Waals surface area contributed by atoms with E-state index in [1.54, 1.807) is 14.2 Å². The molecule has 0 bridgehead atoms. The fourth-order valence-electron chi connectivity index (χ4n) is 4.21. The molecule has 0 radical (unpaired) electrons. The number of ether oxygens (including phenoxy) is 2. The summed E-state index contributed by atoms with van der Waals surface area (Å²) in [6.07, 6.45) is 7.84. The van der Waals surface area contributed by atoms with Crippen LogP contribution in [0.25, 0.3) is 0 Å². The molecular formula is C15H30N2O2. The number of likely N-dealkylation sites (tertiary alicyclic amines) is 1. The molecule has 0 aromatic carbocycles. The lowest BCUT2D eigenvalue weighted by Gasteiger charge is -2.53. The van der Waals surface area contributed by atoms with Gasteiger partial charge in [0.15, 0.2) is 6.29 Å². The van der Waals surface area contributed by atoms with E-state index in [2.05, 4.69) is 11.8 Å².